The summed E-state index contributed by atoms with van der Waals surface area (Å²) in [6.07, 6.45) is -1.35. The highest BCUT2D eigenvalue weighted by Crippen LogP contribution is 2.41. The number of benzene rings is 2. The molecule has 2 aliphatic heterocycles. The van der Waals surface area contributed by atoms with Crippen LogP contribution >= 0.6 is 0 Å². The standard InChI is InChI=1S/C27H35N3O8Si/c1-17-23-22(16-35-39(5,6)27(2,3)4)38-29(24(23)25(31)36-17)15-18-8-7-9-19(14-18)28-26(32)37-21-12-10-20(11-13-21)30(33)34/h7-14,17,22-24H,15-16H2,1-6H3,(H,28,32)/t17-,22-,23+,24-/m0/s1. The maximum atomic E-state index is 12.7. The van der Waals surface area contributed by atoms with Crippen LogP contribution in [0.4, 0.5) is 16.2 Å². The molecule has 2 aromatic rings. The van der Waals surface area contributed by atoms with Crippen LogP contribution in [0.15, 0.2) is 48.5 Å². The number of hydrogen-bond acceptors (Lipinski definition) is 9. The molecule has 2 fully saturated rings. The Morgan fingerprint density at radius 3 is 2.51 bits per heavy atom. The number of carbonyl (C=O) groups is 2. The topological polar surface area (TPSA) is 129 Å². The van der Waals surface area contributed by atoms with Gasteiger partial charge in [0.2, 0.25) is 0 Å². The number of nitrogens with one attached hydrogen (secondary N) is 1. The predicted octanol–water partition coefficient (Wildman–Crippen LogP) is 5.27. The highest BCUT2D eigenvalue weighted by molar-refractivity contribution is 6.74. The number of fused-ring (bicyclic) bond motifs is 1. The van der Waals surface area contributed by atoms with E-state index in [1.807, 2.05) is 13.0 Å². The third-order valence-corrected chi connectivity index (χ3v) is 12.1. The van der Waals surface area contributed by atoms with Crippen molar-refractivity contribution in [3.63, 3.8) is 0 Å². The number of carbonyl (C=O) groups excluding carboxylic acids is 2. The van der Waals surface area contributed by atoms with Crippen LogP contribution in [0.3, 0.4) is 0 Å². The Morgan fingerprint density at radius 1 is 1.18 bits per heavy atom. The van der Waals surface area contributed by atoms with Crippen LogP contribution in [-0.2, 0) is 25.3 Å². The molecule has 0 saturated carbocycles. The van der Waals surface area contributed by atoms with E-state index in [1.165, 1.54) is 24.3 Å². The zero-order valence-electron chi connectivity index (χ0n) is 23.0. The van der Waals surface area contributed by atoms with Gasteiger partial charge < -0.3 is 13.9 Å². The zero-order valence-corrected chi connectivity index (χ0v) is 24.0. The quantitative estimate of drug-likeness (QED) is 0.200. The van der Waals surface area contributed by atoms with Gasteiger partial charge in [0.05, 0.1) is 24.0 Å². The van der Waals surface area contributed by atoms with Crippen molar-refractivity contribution in [3.05, 3.63) is 64.2 Å². The number of cyclic esters (lactones) is 1. The summed E-state index contributed by atoms with van der Waals surface area (Å²) >= 11 is 0. The van der Waals surface area contributed by atoms with Crippen molar-refractivity contribution in [2.75, 3.05) is 11.9 Å². The van der Waals surface area contributed by atoms with Crippen molar-refractivity contribution < 1.29 is 33.2 Å². The van der Waals surface area contributed by atoms with E-state index in [4.69, 9.17) is 18.7 Å². The van der Waals surface area contributed by atoms with Crippen LogP contribution in [0.1, 0.15) is 33.3 Å². The fourth-order valence-electron chi connectivity index (χ4n) is 4.47. The fraction of sp³-hybridized carbons (Fsp3) is 0.481. The van der Waals surface area contributed by atoms with E-state index < -0.39 is 25.4 Å². The molecule has 0 radical (unpaired) electrons. The molecule has 2 heterocycles. The SMILES string of the molecule is C[C@@H]1OC(=O)[C@@H]2[C@H]1[C@H](CO[Si](C)(C)C(C)(C)C)ON2Cc1cccc(NC(=O)Oc2ccc([N+](=O)[O-])cc2)c1. The first-order valence-corrected chi connectivity index (χ1v) is 15.8. The summed E-state index contributed by atoms with van der Waals surface area (Å²) in [7, 11) is -2.02. The minimum Gasteiger partial charge on any atom is -0.461 e. The zero-order chi connectivity index (χ0) is 28.5. The Morgan fingerprint density at radius 2 is 1.87 bits per heavy atom. The van der Waals surface area contributed by atoms with Gasteiger partial charge in [-0.15, -0.1) is 0 Å². The summed E-state index contributed by atoms with van der Waals surface area (Å²) in [6, 6.07) is 11.8. The van der Waals surface area contributed by atoms with Gasteiger partial charge in [-0.05, 0) is 54.9 Å². The van der Waals surface area contributed by atoms with Crippen molar-refractivity contribution in [1.29, 1.82) is 0 Å². The molecule has 1 N–H and O–H groups in total. The molecule has 4 rings (SSSR count). The lowest BCUT2D eigenvalue weighted by atomic mass is 9.93. The van der Waals surface area contributed by atoms with Gasteiger partial charge in [-0.1, -0.05) is 32.9 Å². The molecule has 2 aliphatic rings. The number of amides is 1. The third kappa shape index (κ3) is 6.47. The Kier molecular flexibility index (Phi) is 8.12. The maximum absolute atomic E-state index is 12.7. The molecule has 0 unspecified atom stereocenters. The minimum absolute atomic E-state index is 0.0470. The Balaban J connectivity index is 1.41. The molecular formula is C27H35N3O8Si. The number of esters is 1. The van der Waals surface area contributed by atoms with Crippen molar-refractivity contribution in [1.82, 2.24) is 5.06 Å². The molecule has 0 bridgehead atoms. The molecule has 0 aromatic heterocycles. The molecule has 2 aromatic carbocycles. The molecule has 0 aliphatic carbocycles. The van der Waals surface area contributed by atoms with Crippen LogP contribution < -0.4 is 10.1 Å². The van der Waals surface area contributed by atoms with E-state index in [9.17, 15) is 19.7 Å². The first-order valence-electron chi connectivity index (χ1n) is 12.9. The van der Waals surface area contributed by atoms with Gasteiger partial charge in [0.25, 0.3) is 5.69 Å². The fourth-order valence-corrected chi connectivity index (χ4v) is 5.48. The summed E-state index contributed by atoms with van der Waals surface area (Å²) in [5.74, 6) is -0.297. The average Bonchev–Trinajstić information content (AvgIpc) is 3.35. The predicted molar refractivity (Wildman–Crippen MR) is 146 cm³/mol. The normalized spacial score (nSPS) is 23.3. The minimum atomic E-state index is -2.02. The monoisotopic (exact) mass is 557 g/mol. The van der Waals surface area contributed by atoms with Crippen LogP contribution in [0.2, 0.25) is 18.1 Å². The van der Waals surface area contributed by atoms with Gasteiger partial charge >= 0.3 is 12.1 Å². The van der Waals surface area contributed by atoms with Crippen LogP contribution in [-0.4, -0.2) is 55.2 Å². The van der Waals surface area contributed by atoms with Crippen LogP contribution in [0, 0.1) is 16.0 Å². The summed E-state index contributed by atoms with van der Waals surface area (Å²) in [6.45, 7) is 13.5. The first-order chi connectivity index (χ1) is 18.2. The number of nitrogens with zero attached hydrogens (tertiary/aromatic N) is 2. The smallest absolute Gasteiger partial charge is 0.417 e. The van der Waals surface area contributed by atoms with E-state index in [2.05, 4.69) is 39.2 Å². The van der Waals surface area contributed by atoms with Crippen LogP contribution in [0.5, 0.6) is 5.75 Å². The van der Waals surface area contributed by atoms with E-state index in [1.54, 1.807) is 23.3 Å². The van der Waals surface area contributed by atoms with Gasteiger partial charge in [0.15, 0.2) is 8.32 Å². The van der Waals surface area contributed by atoms with Gasteiger partial charge in [-0.25, -0.2) is 4.79 Å². The maximum Gasteiger partial charge on any atom is 0.417 e. The number of nitro benzene ring substituents is 1. The van der Waals surface area contributed by atoms with Gasteiger partial charge in [-0.2, -0.15) is 5.06 Å². The van der Waals surface area contributed by atoms with Crippen molar-refractivity contribution in [3.8, 4) is 5.75 Å². The van der Waals surface area contributed by atoms with Gasteiger partial charge in [-0.3, -0.25) is 25.1 Å². The number of hydroxylamine groups is 2. The summed E-state index contributed by atoms with van der Waals surface area (Å²) < 4.78 is 17.2. The molecule has 4 atom stereocenters. The summed E-state index contributed by atoms with van der Waals surface area (Å²) in [4.78, 5) is 41.6. The number of hydrogen-bond donors (Lipinski definition) is 1. The second-order valence-electron chi connectivity index (χ2n) is 11.4. The molecule has 2 saturated heterocycles. The third-order valence-electron chi connectivity index (χ3n) is 7.65. The van der Waals surface area contributed by atoms with Crippen molar-refractivity contribution >= 4 is 31.8 Å². The second-order valence-corrected chi connectivity index (χ2v) is 16.2. The average molecular weight is 558 g/mol. The Labute approximate surface area is 228 Å². The molecular weight excluding hydrogens is 522 g/mol. The molecule has 39 heavy (non-hydrogen) atoms. The summed E-state index contributed by atoms with van der Waals surface area (Å²) in [5.41, 5.74) is 1.19. The highest BCUT2D eigenvalue weighted by atomic mass is 28.4. The number of nitro groups is 1. The lowest BCUT2D eigenvalue weighted by molar-refractivity contribution is -0.384. The van der Waals surface area contributed by atoms with E-state index in [0.717, 1.165) is 5.56 Å². The molecule has 11 nitrogen and oxygen atoms in total. The molecule has 0 spiro atoms. The first kappa shape index (κ1) is 28.7. The van der Waals surface area contributed by atoms with Crippen molar-refractivity contribution in [2.24, 2.45) is 5.92 Å². The second kappa shape index (κ2) is 11.0. The lowest BCUT2D eigenvalue weighted by Gasteiger charge is -2.37. The Bertz CT molecular complexity index is 1230. The summed E-state index contributed by atoms with van der Waals surface area (Å²) in [5, 5.41) is 15.2. The van der Waals surface area contributed by atoms with Crippen LogP contribution in [0.25, 0.3) is 0 Å². The number of anilines is 1. The van der Waals surface area contributed by atoms with Gasteiger partial charge in [0, 0.05) is 17.8 Å². The number of ether oxygens (including phenoxy) is 2. The van der Waals surface area contributed by atoms with Crippen molar-refractivity contribution in [2.45, 2.75) is 70.6 Å². The number of non-ortho nitro benzene ring substituents is 1. The van der Waals surface area contributed by atoms with E-state index in [0.29, 0.717) is 18.8 Å². The molecule has 210 valence electrons. The highest BCUT2D eigenvalue weighted by Gasteiger charge is 2.56. The molecule has 12 heteroatoms. The van der Waals surface area contributed by atoms with Gasteiger partial charge in [0.1, 0.15) is 24.0 Å². The lowest BCUT2D eigenvalue weighted by Crippen LogP contribution is -2.44. The Hall–Kier alpha value is -3.32. The largest absolute Gasteiger partial charge is 0.461 e. The van der Waals surface area contributed by atoms with E-state index >= 15 is 0 Å². The van der Waals surface area contributed by atoms with E-state index in [-0.39, 0.29) is 40.6 Å². The molecule has 1 amide bonds. The number of rotatable bonds is 8.